The number of thiophene rings is 1. The molecule has 2 rings (SSSR count). The third-order valence-electron chi connectivity index (χ3n) is 3.02. The SMILES string of the molecule is COc1ccc(NC(=O)NC(CCO)c2cccs2)cc1Cl. The fourth-order valence-electron chi connectivity index (χ4n) is 1.97. The Bertz CT molecular complexity index is 619. The van der Waals surface area contributed by atoms with Crippen molar-refractivity contribution >= 4 is 34.7 Å². The van der Waals surface area contributed by atoms with Gasteiger partial charge in [0.25, 0.3) is 0 Å². The fraction of sp³-hybridized carbons (Fsp3) is 0.267. The molecule has 0 spiro atoms. The predicted molar refractivity (Wildman–Crippen MR) is 88.9 cm³/mol. The Balaban J connectivity index is 2.00. The minimum Gasteiger partial charge on any atom is -0.495 e. The summed E-state index contributed by atoms with van der Waals surface area (Å²) in [5, 5.41) is 17.0. The molecule has 1 unspecified atom stereocenters. The molecule has 1 atom stereocenters. The van der Waals surface area contributed by atoms with Gasteiger partial charge in [0.2, 0.25) is 0 Å². The molecule has 0 aliphatic heterocycles. The van der Waals surface area contributed by atoms with Gasteiger partial charge in [-0.1, -0.05) is 17.7 Å². The van der Waals surface area contributed by atoms with E-state index in [1.165, 1.54) is 18.4 Å². The number of ether oxygens (including phenoxy) is 1. The molecule has 0 aliphatic rings. The lowest BCUT2D eigenvalue weighted by molar-refractivity contribution is 0.239. The van der Waals surface area contributed by atoms with E-state index >= 15 is 0 Å². The van der Waals surface area contributed by atoms with Gasteiger partial charge in [0.1, 0.15) is 5.75 Å². The number of aliphatic hydroxyl groups excluding tert-OH is 1. The molecule has 118 valence electrons. The highest BCUT2D eigenvalue weighted by Crippen LogP contribution is 2.27. The summed E-state index contributed by atoms with van der Waals surface area (Å²) in [4.78, 5) is 13.1. The van der Waals surface area contributed by atoms with Crippen LogP contribution < -0.4 is 15.4 Å². The van der Waals surface area contributed by atoms with Gasteiger partial charge in [-0.05, 0) is 36.1 Å². The molecule has 0 saturated carbocycles. The van der Waals surface area contributed by atoms with Gasteiger partial charge in [0, 0.05) is 17.2 Å². The molecule has 1 aromatic carbocycles. The van der Waals surface area contributed by atoms with Crippen molar-refractivity contribution in [3.05, 3.63) is 45.6 Å². The van der Waals surface area contributed by atoms with Crippen molar-refractivity contribution in [2.75, 3.05) is 19.0 Å². The van der Waals surface area contributed by atoms with E-state index < -0.39 is 0 Å². The maximum absolute atomic E-state index is 12.1. The zero-order valence-corrected chi connectivity index (χ0v) is 13.6. The molecular formula is C15H17ClN2O3S. The zero-order chi connectivity index (χ0) is 15.9. The van der Waals surface area contributed by atoms with Crippen LogP contribution in [0.25, 0.3) is 0 Å². The van der Waals surface area contributed by atoms with Crippen LogP contribution in [0.2, 0.25) is 5.02 Å². The van der Waals surface area contributed by atoms with E-state index in [-0.39, 0.29) is 18.7 Å². The van der Waals surface area contributed by atoms with E-state index in [0.717, 1.165) is 4.88 Å². The second kappa shape index (κ2) is 8.03. The van der Waals surface area contributed by atoms with Crippen molar-refractivity contribution in [3.8, 4) is 5.75 Å². The number of carbonyl (C=O) groups excluding carboxylic acids is 1. The molecule has 0 radical (unpaired) electrons. The lowest BCUT2D eigenvalue weighted by Gasteiger charge is -2.17. The number of hydrogen-bond donors (Lipinski definition) is 3. The molecule has 1 heterocycles. The van der Waals surface area contributed by atoms with Crippen LogP contribution in [0.5, 0.6) is 5.75 Å². The van der Waals surface area contributed by atoms with E-state index in [1.807, 2.05) is 17.5 Å². The fourth-order valence-corrected chi connectivity index (χ4v) is 3.04. The van der Waals surface area contributed by atoms with Crippen LogP contribution in [-0.4, -0.2) is 24.9 Å². The summed E-state index contributed by atoms with van der Waals surface area (Å²) >= 11 is 7.56. The third-order valence-corrected chi connectivity index (χ3v) is 4.30. The van der Waals surface area contributed by atoms with Crippen LogP contribution in [0.1, 0.15) is 17.3 Å². The van der Waals surface area contributed by atoms with Crippen LogP contribution >= 0.6 is 22.9 Å². The Labute approximate surface area is 137 Å². The zero-order valence-electron chi connectivity index (χ0n) is 12.0. The number of aliphatic hydroxyl groups is 1. The molecule has 0 bridgehead atoms. The maximum Gasteiger partial charge on any atom is 0.319 e. The number of carbonyl (C=O) groups is 1. The molecule has 0 fully saturated rings. The maximum atomic E-state index is 12.1. The van der Waals surface area contributed by atoms with Crippen LogP contribution in [0.3, 0.4) is 0 Å². The molecule has 5 nitrogen and oxygen atoms in total. The highest BCUT2D eigenvalue weighted by molar-refractivity contribution is 7.10. The summed E-state index contributed by atoms with van der Waals surface area (Å²) in [5.74, 6) is 0.546. The monoisotopic (exact) mass is 340 g/mol. The summed E-state index contributed by atoms with van der Waals surface area (Å²) in [7, 11) is 1.53. The van der Waals surface area contributed by atoms with E-state index in [4.69, 9.17) is 21.4 Å². The van der Waals surface area contributed by atoms with Gasteiger partial charge >= 0.3 is 6.03 Å². The molecule has 7 heteroatoms. The Morgan fingerprint density at radius 1 is 1.45 bits per heavy atom. The second-order valence-electron chi connectivity index (χ2n) is 4.53. The molecule has 2 aromatic rings. The quantitative estimate of drug-likeness (QED) is 0.751. The Kier molecular flexibility index (Phi) is 6.06. The summed E-state index contributed by atoms with van der Waals surface area (Å²) in [6.45, 7) is -0.00277. The van der Waals surface area contributed by atoms with Gasteiger partial charge in [-0.15, -0.1) is 11.3 Å². The number of hydrogen-bond acceptors (Lipinski definition) is 4. The van der Waals surface area contributed by atoms with E-state index in [9.17, 15) is 4.79 Å². The normalized spacial score (nSPS) is 11.8. The topological polar surface area (TPSA) is 70.6 Å². The number of anilines is 1. The number of benzene rings is 1. The molecule has 3 N–H and O–H groups in total. The molecular weight excluding hydrogens is 324 g/mol. The first-order valence-electron chi connectivity index (χ1n) is 6.69. The summed E-state index contributed by atoms with van der Waals surface area (Å²) in [5.41, 5.74) is 0.567. The predicted octanol–water partition coefficient (Wildman–Crippen LogP) is 3.66. The van der Waals surface area contributed by atoms with Gasteiger partial charge in [0.15, 0.2) is 0 Å². The van der Waals surface area contributed by atoms with Crippen molar-refractivity contribution in [2.24, 2.45) is 0 Å². The van der Waals surface area contributed by atoms with Crippen molar-refractivity contribution < 1.29 is 14.6 Å². The number of amides is 2. The Hall–Kier alpha value is -1.76. The summed E-state index contributed by atoms with van der Waals surface area (Å²) in [6, 6.07) is 8.26. The van der Waals surface area contributed by atoms with E-state index in [2.05, 4.69) is 10.6 Å². The average molecular weight is 341 g/mol. The van der Waals surface area contributed by atoms with Crippen LogP contribution in [-0.2, 0) is 0 Å². The first-order chi connectivity index (χ1) is 10.6. The van der Waals surface area contributed by atoms with Crippen LogP contribution in [0.15, 0.2) is 35.7 Å². The Morgan fingerprint density at radius 2 is 2.27 bits per heavy atom. The minimum atomic E-state index is -0.354. The number of methoxy groups -OCH3 is 1. The lowest BCUT2D eigenvalue weighted by atomic mass is 10.2. The molecule has 0 saturated heterocycles. The van der Waals surface area contributed by atoms with Crippen molar-refractivity contribution in [2.45, 2.75) is 12.5 Å². The minimum absolute atomic E-state index is 0.00277. The van der Waals surface area contributed by atoms with Crippen molar-refractivity contribution in [3.63, 3.8) is 0 Å². The van der Waals surface area contributed by atoms with Crippen molar-refractivity contribution in [1.29, 1.82) is 0 Å². The van der Waals surface area contributed by atoms with E-state index in [1.54, 1.807) is 18.2 Å². The number of rotatable bonds is 6. The lowest BCUT2D eigenvalue weighted by Crippen LogP contribution is -2.32. The molecule has 1 aromatic heterocycles. The van der Waals surface area contributed by atoms with Crippen molar-refractivity contribution in [1.82, 2.24) is 5.32 Å². The first-order valence-corrected chi connectivity index (χ1v) is 7.95. The summed E-state index contributed by atoms with van der Waals surface area (Å²) in [6.07, 6.45) is 0.456. The van der Waals surface area contributed by atoms with E-state index in [0.29, 0.717) is 22.9 Å². The largest absolute Gasteiger partial charge is 0.495 e. The third kappa shape index (κ3) is 4.37. The summed E-state index contributed by atoms with van der Waals surface area (Å²) < 4.78 is 5.06. The smallest absolute Gasteiger partial charge is 0.319 e. The number of urea groups is 1. The van der Waals surface area contributed by atoms with Gasteiger partial charge in [-0.25, -0.2) is 4.79 Å². The number of nitrogens with one attached hydrogen (secondary N) is 2. The van der Waals surface area contributed by atoms with Crippen LogP contribution in [0.4, 0.5) is 10.5 Å². The molecule has 2 amide bonds. The van der Waals surface area contributed by atoms with Gasteiger partial charge in [0.05, 0.1) is 18.2 Å². The molecule has 0 aliphatic carbocycles. The van der Waals surface area contributed by atoms with Gasteiger partial charge in [-0.2, -0.15) is 0 Å². The average Bonchev–Trinajstić information content (AvgIpc) is 3.01. The number of halogens is 1. The Morgan fingerprint density at radius 3 is 2.86 bits per heavy atom. The van der Waals surface area contributed by atoms with Gasteiger partial charge < -0.3 is 20.5 Å². The second-order valence-corrected chi connectivity index (χ2v) is 5.91. The highest BCUT2D eigenvalue weighted by atomic mass is 35.5. The molecule has 22 heavy (non-hydrogen) atoms. The first kappa shape index (κ1) is 16.6. The standard InChI is InChI=1S/C15H17ClN2O3S/c1-21-13-5-4-10(9-11(13)16)17-15(20)18-12(6-7-19)14-3-2-8-22-14/h2-5,8-9,12,19H,6-7H2,1H3,(H2,17,18,20). The van der Waals surface area contributed by atoms with Crippen LogP contribution in [0, 0.1) is 0 Å². The van der Waals surface area contributed by atoms with Gasteiger partial charge in [-0.3, -0.25) is 0 Å². The highest BCUT2D eigenvalue weighted by Gasteiger charge is 2.15.